The van der Waals surface area contributed by atoms with Crippen molar-refractivity contribution in [1.29, 1.82) is 0 Å². The van der Waals surface area contributed by atoms with E-state index in [0.29, 0.717) is 18.3 Å². The highest BCUT2D eigenvalue weighted by atomic mass is 27.2. The van der Waals surface area contributed by atoms with E-state index in [1.807, 2.05) is 0 Å². The molecule has 0 aliphatic rings. The molecule has 0 saturated carbocycles. The molecular formula is C14H32AlNO. The molecule has 3 heteroatoms. The van der Waals surface area contributed by atoms with E-state index in [2.05, 4.69) is 53.4 Å². The predicted octanol–water partition coefficient (Wildman–Crippen LogP) is 4.28. The highest BCUT2D eigenvalue weighted by molar-refractivity contribution is 6.51. The van der Waals surface area contributed by atoms with E-state index in [9.17, 15) is 0 Å². The van der Waals surface area contributed by atoms with E-state index in [1.54, 1.807) is 0 Å². The zero-order valence-electron chi connectivity index (χ0n) is 13.0. The maximum absolute atomic E-state index is 6.44. The first kappa shape index (κ1) is 17.5. The average molecular weight is 257 g/mol. The van der Waals surface area contributed by atoms with Crippen molar-refractivity contribution in [2.75, 3.05) is 0 Å². The number of hydrogen-bond acceptors (Lipinski definition) is 2. The van der Waals surface area contributed by atoms with Crippen LogP contribution in [0.5, 0.6) is 0 Å². The standard InChI is InChI=1S/C10H22NO.2C2H5.Al/c1-6-7-10(12)11(8(2)3)9(4)5;2*1-2;/h8-10H,6-7H2,1-5H3;2*1H2,2H3;/q-1;;;+1. The largest absolute Gasteiger partial charge is 0.487 e. The van der Waals surface area contributed by atoms with Gasteiger partial charge in [-0.15, -0.1) is 0 Å². The fourth-order valence-corrected chi connectivity index (χ4v) is 4.18. The molecule has 0 heterocycles. The van der Waals surface area contributed by atoms with E-state index >= 15 is 0 Å². The minimum Gasteiger partial charge on any atom is -0.487 e. The number of hydrogen-bond donors (Lipinski definition) is 0. The maximum atomic E-state index is 6.44. The van der Waals surface area contributed by atoms with E-state index in [-0.39, 0.29) is 0 Å². The predicted molar refractivity (Wildman–Crippen MR) is 78.6 cm³/mol. The molecule has 0 aliphatic carbocycles. The Labute approximate surface area is 113 Å². The molecule has 0 saturated heterocycles. The van der Waals surface area contributed by atoms with Crippen LogP contribution in [0, 0.1) is 0 Å². The Morgan fingerprint density at radius 3 is 1.71 bits per heavy atom. The third-order valence-electron chi connectivity index (χ3n) is 3.32. The van der Waals surface area contributed by atoms with E-state index in [1.165, 1.54) is 23.4 Å². The van der Waals surface area contributed by atoms with Gasteiger partial charge in [-0.1, -0.05) is 37.8 Å². The Balaban J connectivity index is 4.66. The molecule has 0 amide bonds. The second-order valence-electron chi connectivity index (χ2n) is 5.45. The summed E-state index contributed by atoms with van der Waals surface area (Å²) in [6, 6.07) is 1.13. The summed E-state index contributed by atoms with van der Waals surface area (Å²) in [5, 5.41) is 2.50. The Morgan fingerprint density at radius 1 is 0.941 bits per heavy atom. The van der Waals surface area contributed by atoms with Crippen LogP contribution >= 0.6 is 0 Å². The average Bonchev–Trinajstić information content (AvgIpc) is 2.24. The van der Waals surface area contributed by atoms with Gasteiger partial charge in [0.1, 0.15) is 0 Å². The molecule has 1 atom stereocenters. The highest BCUT2D eigenvalue weighted by Gasteiger charge is 2.27. The van der Waals surface area contributed by atoms with Crippen molar-refractivity contribution in [3.63, 3.8) is 0 Å². The molecule has 0 N–H and O–H groups in total. The van der Waals surface area contributed by atoms with Crippen molar-refractivity contribution in [3.8, 4) is 0 Å². The lowest BCUT2D eigenvalue weighted by atomic mass is 10.2. The number of rotatable bonds is 9. The van der Waals surface area contributed by atoms with Crippen LogP contribution in [0.2, 0.25) is 10.6 Å². The maximum Gasteiger partial charge on any atom is 0.461 e. The molecule has 0 fully saturated rings. The van der Waals surface area contributed by atoms with Gasteiger partial charge in [-0.05, 0) is 34.1 Å². The van der Waals surface area contributed by atoms with Crippen LogP contribution in [-0.2, 0) is 3.79 Å². The lowest BCUT2D eigenvalue weighted by Crippen LogP contribution is -2.48. The Morgan fingerprint density at radius 2 is 1.41 bits per heavy atom. The molecule has 0 bridgehead atoms. The normalized spacial score (nSPS) is 13.8. The summed E-state index contributed by atoms with van der Waals surface area (Å²) >= 11 is -0.962. The van der Waals surface area contributed by atoms with Crippen molar-refractivity contribution in [3.05, 3.63) is 0 Å². The molecule has 102 valence electrons. The summed E-state index contributed by atoms with van der Waals surface area (Å²) in [4.78, 5) is 2.54. The molecule has 0 radical (unpaired) electrons. The first-order valence-electron chi connectivity index (χ1n) is 7.40. The summed E-state index contributed by atoms with van der Waals surface area (Å²) in [6.07, 6.45) is 2.71. The fourth-order valence-electron chi connectivity index (χ4n) is 2.50. The van der Waals surface area contributed by atoms with Crippen LogP contribution in [0.25, 0.3) is 0 Å². The Hall–Kier alpha value is 0.452. The summed E-state index contributed by atoms with van der Waals surface area (Å²) < 4.78 is 6.44. The van der Waals surface area contributed by atoms with Gasteiger partial charge in [0.2, 0.25) is 0 Å². The van der Waals surface area contributed by atoms with Gasteiger partial charge < -0.3 is 3.79 Å². The molecule has 0 aromatic carbocycles. The van der Waals surface area contributed by atoms with Crippen LogP contribution in [0.3, 0.4) is 0 Å². The van der Waals surface area contributed by atoms with E-state index in [0.717, 1.165) is 0 Å². The summed E-state index contributed by atoms with van der Waals surface area (Å²) in [5.41, 5.74) is 0. The minimum atomic E-state index is -0.962. The molecule has 0 rings (SSSR count). The molecule has 1 unspecified atom stereocenters. The zero-order valence-corrected chi connectivity index (χ0v) is 14.1. The van der Waals surface area contributed by atoms with Gasteiger partial charge >= 0.3 is 14.5 Å². The Bertz CT molecular complexity index is 173. The van der Waals surface area contributed by atoms with E-state index in [4.69, 9.17) is 3.79 Å². The molecular weight excluding hydrogens is 225 g/mol. The second kappa shape index (κ2) is 9.39. The molecule has 2 nitrogen and oxygen atoms in total. The van der Waals surface area contributed by atoms with Crippen molar-refractivity contribution >= 4 is 14.5 Å². The third kappa shape index (κ3) is 6.25. The quantitative estimate of drug-likeness (QED) is 0.451. The first-order valence-corrected chi connectivity index (χ1v) is 9.51. The zero-order chi connectivity index (χ0) is 13.4. The van der Waals surface area contributed by atoms with Crippen molar-refractivity contribution in [2.24, 2.45) is 0 Å². The van der Waals surface area contributed by atoms with Crippen molar-refractivity contribution in [2.45, 2.75) is 90.2 Å². The lowest BCUT2D eigenvalue weighted by Gasteiger charge is -2.40. The first-order chi connectivity index (χ1) is 7.97. The Kier molecular flexibility index (Phi) is 9.64. The second-order valence-corrected chi connectivity index (χ2v) is 8.60. The van der Waals surface area contributed by atoms with Gasteiger partial charge in [-0.25, -0.2) is 0 Å². The van der Waals surface area contributed by atoms with Crippen LogP contribution in [0.15, 0.2) is 0 Å². The van der Waals surface area contributed by atoms with Gasteiger partial charge in [-0.3, -0.25) is 4.90 Å². The van der Waals surface area contributed by atoms with Crippen LogP contribution in [-0.4, -0.2) is 37.7 Å². The van der Waals surface area contributed by atoms with Gasteiger partial charge in [0.05, 0.1) is 6.23 Å². The lowest BCUT2D eigenvalue weighted by molar-refractivity contribution is -0.0265. The van der Waals surface area contributed by atoms with Gasteiger partial charge in [0.25, 0.3) is 0 Å². The van der Waals surface area contributed by atoms with E-state index < -0.39 is 14.5 Å². The molecule has 0 aliphatic heterocycles. The molecule has 0 spiro atoms. The van der Waals surface area contributed by atoms with Crippen LogP contribution < -0.4 is 0 Å². The van der Waals surface area contributed by atoms with Crippen molar-refractivity contribution < 1.29 is 3.79 Å². The summed E-state index contributed by atoms with van der Waals surface area (Å²) in [6.45, 7) is 15.9. The molecule has 0 aromatic rings. The van der Waals surface area contributed by atoms with Gasteiger partial charge in [-0.2, -0.15) is 0 Å². The highest BCUT2D eigenvalue weighted by Crippen LogP contribution is 2.19. The smallest absolute Gasteiger partial charge is 0.461 e. The van der Waals surface area contributed by atoms with Crippen molar-refractivity contribution in [1.82, 2.24) is 4.90 Å². The topological polar surface area (TPSA) is 12.5 Å². The molecule has 0 aromatic heterocycles. The SMILES string of the molecule is CCCC([O][Al]([CH2]C)[CH2]C)N(C(C)C)C(C)C. The molecule has 17 heavy (non-hydrogen) atoms. The third-order valence-corrected chi connectivity index (χ3v) is 5.84. The van der Waals surface area contributed by atoms with Gasteiger partial charge in [0.15, 0.2) is 0 Å². The van der Waals surface area contributed by atoms with Crippen LogP contribution in [0.1, 0.15) is 61.3 Å². The minimum absolute atomic E-state index is 0.344. The summed E-state index contributed by atoms with van der Waals surface area (Å²) in [7, 11) is 0. The fraction of sp³-hybridized carbons (Fsp3) is 1.00. The monoisotopic (exact) mass is 257 g/mol. The number of nitrogens with zero attached hydrogens (tertiary/aromatic N) is 1. The van der Waals surface area contributed by atoms with Crippen LogP contribution in [0.4, 0.5) is 0 Å². The summed E-state index contributed by atoms with van der Waals surface area (Å²) in [5.74, 6) is 0. The van der Waals surface area contributed by atoms with Gasteiger partial charge in [0, 0.05) is 12.1 Å².